The van der Waals surface area contributed by atoms with Crippen molar-refractivity contribution in [2.24, 2.45) is 0 Å². The smallest absolute Gasteiger partial charge is 0.124 e. The van der Waals surface area contributed by atoms with Crippen molar-refractivity contribution in [3.05, 3.63) is 53.6 Å². The van der Waals surface area contributed by atoms with E-state index in [4.69, 9.17) is 16.9 Å². The van der Waals surface area contributed by atoms with Crippen LogP contribution in [0.5, 0.6) is 0 Å². The first-order valence-corrected chi connectivity index (χ1v) is 5.35. The lowest BCUT2D eigenvalue weighted by atomic mass is 10.1. The van der Waals surface area contributed by atoms with Crippen LogP contribution in [0.15, 0.2) is 36.7 Å². The average Bonchev–Trinajstić information content (AvgIpc) is 2.83. The Labute approximate surface area is 98.7 Å². The van der Waals surface area contributed by atoms with Gasteiger partial charge in [0.1, 0.15) is 5.82 Å². The number of benzene rings is 1. The van der Waals surface area contributed by atoms with Crippen LogP contribution < -0.4 is 0 Å². The maximum absolute atomic E-state index is 8.67. The fraction of sp³-hybridized carbons (Fsp3) is 0.167. The number of rotatable bonds is 3. The second-order valence-electron chi connectivity index (χ2n) is 3.45. The van der Waals surface area contributed by atoms with Crippen LogP contribution in [0.4, 0.5) is 0 Å². The van der Waals surface area contributed by atoms with Crippen molar-refractivity contribution < 1.29 is 0 Å². The molecule has 1 unspecified atom stereocenters. The summed E-state index contributed by atoms with van der Waals surface area (Å²) in [7, 11) is 0. The highest BCUT2D eigenvalue weighted by molar-refractivity contribution is 6.20. The van der Waals surface area contributed by atoms with Crippen LogP contribution in [0.3, 0.4) is 0 Å². The largest absolute Gasteiger partial charge is 0.347 e. The van der Waals surface area contributed by atoms with Gasteiger partial charge in [0.2, 0.25) is 0 Å². The molecular weight excluding hydrogens is 222 g/mol. The molecule has 0 radical (unpaired) electrons. The van der Waals surface area contributed by atoms with Gasteiger partial charge in [0.15, 0.2) is 0 Å². The number of halogens is 1. The topological polar surface area (TPSA) is 52.5 Å². The van der Waals surface area contributed by atoms with Gasteiger partial charge in [-0.25, -0.2) is 4.98 Å². The van der Waals surface area contributed by atoms with Crippen molar-refractivity contribution in [3.8, 4) is 6.07 Å². The minimum atomic E-state index is -0.164. The van der Waals surface area contributed by atoms with Crippen molar-refractivity contribution in [2.45, 2.75) is 11.8 Å². The number of alkyl halides is 1. The van der Waals surface area contributed by atoms with E-state index in [1.165, 1.54) is 0 Å². The lowest BCUT2D eigenvalue weighted by molar-refractivity contribution is 0.849. The van der Waals surface area contributed by atoms with E-state index < -0.39 is 0 Å². The maximum atomic E-state index is 8.67. The van der Waals surface area contributed by atoms with Gasteiger partial charge in [-0.15, -0.1) is 11.6 Å². The molecule has 0 aliphatic rings. The molecule has 16 heavy (non-hydrogen) atoms. The zero-order valence-corrected chi connectivity index (χ0v) is 9.28. The average molecular weight is 232 g/mol. The van der Waals surface area contributed by atoms with E-state index in [0.717, 1.165) is 11.4 Å². The molecular formula is C12H10ClN3. The van der Waals surface area contributed by atoms with Gasteiger partial charge in [-0.1, -0.05) is 12.1 Å². The van der Waals surface area contributed by atoms with Gasteiger partial charge in [-0.3, -0.25) is 0 Å². The van der Waals surface area contributed by atoms with Gasteiger partial charge in [0.05, 0.1) is 17.0 Å². The number of hydrogen-bond acceptors (Lipinski definition) is 2. The van der Waals surface area contributed by atoms with E-state index in [2.05, 4.69) is 16.0 Å². The third-order valence-corrected chi connectivity index (χ3v) is 2.68. The second kappa shape index (κ2) is 4.82. The van der Waals surface area contributed by atoms with Crippen LogP contribution in [0, 0.1) is 11.3 Å². The normalized spacial score (nSPS) is 12.0. The van der Waals surface area contributed by atoms with Gasteiger partial charge in [-0.05, 0) is 24.1 Å². The highest BCUT2D eigenvalue weighted by Gasteiger charge is 2.10. The summed E-state index contributed by atoms with van der Waals surface area (Å²) < 4.78 is 0. The van der Waals surface area contributed by atoms with Crippen LogP contribution in [0.1, 0.15) is 22.3 Å². The van der Waals surface area contributed by atoms with E-state index >= 15 is 0 Å². The van der Waals surface area contributed by atoms with Crippen LogP contribution in [-0.4, -0.2) is 9.97 Å². The highest BCUT2D eigenvalue weighted by atomic mass is 35.5. The number of aromatic amines is 1. The Morgan fingerprint density at radius 3 is 2.69 bits per heavy atom. The number of nitrogens with zero attached hydrogens (tertiary/aromatic N) is 2. The molecule has 1 heterocycles. The quantitative estimate of drug-likeness (QED) is 0.826. The van der Waals surface area contributed by atoms with E-state index in [-0.39, 0.29) is 5.38 Å². The van der Waals surface area contributed by atoms with E-state index in [9.17, 15) is 0 Å². The summed E-state index contributed by atoms with van der Waals surface area (Å²) in [4.78, 5) is 7.09. The molecule has 1 atom stereocenters. The Balaban J connectivity index is 2.07. The molecule has 0 bridgehead atoms. The van der Waals surface area contributed by atoms with Gasteiger partial charge in [0, 0.05) is 12.4 Å². The Bertz CT molecular complexity index is 482. The lowest BCUT2D eigenvalue weighted by Crippen LogP contribution is -1.98. The van der Waals surface area contributed by atoms with E-state index in [1.807, 2.05) is 12.1 Å². The van der Waals surface area contributed by atoms with Crippen molar-refractivity contribution in [1.82, 2.24) is 9.97 Å². The standard InChI is InChI=1S/C12H10ClN3/c13-11(12-15-5-6-16-12)7-9-1-3-10(8-14)4-2-9/h1-6,11H,7H2,(H,15,16). The van der Waals surface area contributed by atoms with Crippen molar-refractivity contribution in [3.63, 3.8) is 0 Å². The fourth-order valence-electron chi connectivity index (χ4n) is 1.47. The second-order valence-corrected chi connectivity index (χ2v) is 3.98. The molecule has 0 aliphatic carbocycles. The summed E-state index contributed by atoms with van der Waals surface area (Å²) in [6.07, 6.45) is 4.13. The number of nitrogens with one attached hydrogen (secondary N) is 1. The van der Waals surface area contributed by atoms with Gasteiger partial charge < -0.3 is 4.98 Å². The Kier molecular flexibility index (Phi) is 3.23. The van der Waals surface area contributed by atoms with Crippen LogP contribution >= 0.6 is 11.6 Å². The molecule has 80 valence electrons. The first-order chi connectivity index (χ1) is 7.79. The molecule has 1 N–H and O–H groups in total. The van der Waals surface area contributed by atoms with Gasteiger partial charge in [-0.2, -0.15) is 5.26 Å². The molecule has 3 nitrogen and oxygen atoms in total. The number of nitriles is 1. The lowest BCUT2D eigenvalue weighted by Gasteiger charge is -2.06. The fourth-order valence-corrected chi connectivity index (χ4v) is 1.77. The van der Waals surface area contributed by atoms with Gasteiger partial charge in [0.25, 0.3) is 0 Å². The van der Waals surface area contributed by atoms with Gasteiger partial charge >= 0.3 is 0 Å². The predicted octanol–water partition coefficient (Wildman–Crippen LogP) is 2.80. The van der Waals surface area contributed by atoms with E-state index in [0.29, 0.717) is 12.0 Å². The summed E-state index contributed by atoms with van der Waals surface area (Å²) in [5.41, 5.74) is 1.75. The Hall–Kier alpha value is -1.79. The summed E-state index contributed by atoms with van der Waals surface area (Å²) >= 11 is 6.20. The Morgan fingerprint density at radius 1 is 1.38 bits per heavy atom. The SMILES string of the molecule is N#Cc1ccc(CC(Cl)c2ncc[nH]2)cc1. The molecule has 2 rings (SSSR count). The number of H-pyrrole nitrogens is 1. The molecule has 0 saturated heterocycles. The molecule has 1 aromatic carbocycles. The maximum Gasteiger partial charge on any atom is 0.124 e. The molecule has 0 amide bonds. The summed E-state index contributed by atoms with van der Waals surface area (Å²) in [6, 6.07) is 9.50. The van der Waals surface area contributed by atoms with Crippen molar-refractivity contribution in [1.29, 1.82) is 5.26 Å². The van der Waals surface area contributed by atoms with Crippen molar-refractivity contribution >= 4 is 11.6 Å². The molecule has 4 heteroatoms. The molecule has 2 aromatic rings. The first kappa shape index (κ1) is 10.7. The van der Waals surface area contributed by atoms with Crippen molar-refractivity contribution in [2.75, 3.05) is 0 Å². The molecule has 0 fully saturated rings. The van der Waals surface area contributed by atoms with E-state index in [1.54, 1.807) is 24.5 Å². The molecule has 0 aliphatic heterocycles. The third kappa shape index (κ3) is 2.41. The molecule has 1 aromatic heterocycles. The minimum absolute atomic E-state index is 0.164. The molecule has 0 spiro atoms. The summed E-state index contributed by atoms with van der Waals surface area (Å²) in [5.74, 6) is 0.769. The predicted molar refractivity (Wildman–Crippen MR) is 62.0 cm³/mol. The first-order valence-electron chi connectivity index (χ1n) is 4.92. The summed E-state index contributed by atoms with van der Waals surface area (Å²) in [6.45, 7) is 0. The number of aromatic nitrogens is 2. The zero-order valence-electron chi connectivity index (χ0n) is 8.52. The molecule has 0 saturated carbocycles. The summed E-state index contributed by atoms with van der Waals surface area (Å²) in [5, 5.41) is 8.51. The minimum Gasteiger partial charge on any atom is -0.347 e. The number of imidazole rings is 1. The third-order valence-electron chi connectivity index (χ3n) is 2.31. The van der Waals surface area contributed by atoms with Crippen LogP contribution in [0.2, 0.25) is 0 Å². The van der Waals surface area contributed by atoms with Crippen LogP contribution in [-0.2, 0) is 6.42 Å². The number of hydrogen-bond donors (Lipinski definition) is 1. The highest BCUT2D eigenvalue weighted by Crippen LogP contribution is 2.21. The van der Waals surface area contributed by atoms with Crippen LogP contribution in [0.25, 0.3) is 0 Å². The zero-order chi connectivity index (χ0) is 11.4. The Morgan fingerprint density at radius 2 is 2.12 bits per heavy atom. The monoisotopic (exact) mass is 231 g/mol.